The van der Waals surface area contributed by atoms with Crippen molar-refractivity contribution in [2.75, 3.05) is 19.8 Å². The number of rotatable bonds is 40. The molecular weight excluding hydrogens is 781 g/mol. The lowest BCUT2D eigenvalue weighted by atomic mass is 10.1. The molecule has 12 heteroatoms. The number of phosphoric acid groups is 1. The van der Waals surface area contributed by atoms with E-state index in [9.17, 15) is 23.8 Å². The van der Waals surface area contributed by atoms with Crippen molar-refractivity contribution < 1.29 is 47.5 Å². The summed E-state index contributed by atoms with van der Waals surface area (Å²) in [6, 6.07) is -1.53. The van der Waals surface area contributed by atoms with Gasteiger partial charge in [-0.3, -0.25) is 23.4 Å². The number of carboxylic acids is 1. The highest BCUT2D eigenvalue weighted by Crippen LogP contribution is 2.43. The van der Waals surface area contributed by atoms with Crippen molar-refractivity contribution in [3.8, 4) is 0 Å². The standard InChI is InChI=1S/C48H78NO10P/c1-3-5-7-9-11-13-15-17-19-21-22-24-26-28-30-32-34-36-38-40-47(51)59-44(42-57-60(54,55)58-43-45(49)48(52)53)41-56-46(50)39-37-35-33-31-29-27-25-23-20-18-16-14-12-10-8-6-4-2/h5-8,11-14,17-20,22,24,28,30,44-45H,3-4,9-10,15-16,21,23,25-27,29,31-43,49H2,1-2H3,(H,52,53)(H,54,55)/b7-5-,8-6-,13-11-,14-12-,19-17-,20-18-,24-22-,30-28-. The lowest BCUT2D eigenvalue weighted by Gasteiger charge is -2.20. The Hall–Kier alpha value is -3.60. The maximum absolute atomic E-state index is 12.6. The van der Waals surface area contributed by atoms with Gasteiger partial charge < -0.3 is 25.2 Å². The fraction of sp³-hybridized carbons (Fsp3) is 0.604. The van der Waals surface area contributed by atoms with Crippen LogP contribution in [-0.4, -0.2) is 59.9 Å². The van der Waals surface area contributed by atoms with E-state index in [4.69, 9.17) is 24.8 Å². The molecule has 0 saturated heterocycles. The molecule has 0 bridgehead atoms. The molecule has 0 aliphatic carbocycles. The summed E-state index contributed by atoms with van der Waals surface area (Å²) in [6.45, 7) is 2.52. The van der Waals surface area contributed by atoms with Crippen LogP contribution in [0.2, 0.25) is 0 Å². The second kappa shape index (κ2) is 42.1. The minimum absolute atomic E-state index is 0.114. The predicted octanol–water partition coefficient (Wildman–Crippen LogP) is 12.1. The maximum atomic E-state index is 12.6. The summed E-state index contributed by atoms with van der Waals surface area (Å²) in [7, 11) is -4.74. The molecular formula is C48H78NO10P. The molecule has 60 heavy (non-hydrogen) atoms. The Morgan fingerprint density at radius 1 is 0.517 bits per heavy atom. The van der Waals surface area contributed by atoms with E-state index >= 15 is 0 Å². The molecule has 0 amide bonds. The number of allylic oxidation sites excluding steroid dienone is 16. The van der Waals surface area contributed by atoms with Crippen LogP contribution < -0.4 is 5.73 Å². The Morgan fingerprint density at radius 2 is 0.883 bits per heavy atom. The first-order chi connectivity index (χ1) is 29.1. The first-order valence-electron chi connectivity index (χ1n) is 22.3. The van der Waals surface area contributed by atoms with Crippen LogP contribution in [0.25, 0.3) is 0 Å². The number of phosphoric ester groups is 1. The van der Waals surface area contributed by atoms with Crippen LogP contribution in [0.3, 0.4) is 0 Å². The fourth-order valence-electron chi connectivity index (χ4n) is 5.40. The molecule has 0 heterocycles. The van der Waals surface area contributed by atoms with Crippen LogP contribution in [0.5, 0.6) is 0 Å². The van der Waals surface area contributed by atoms with Gasteiger partial charge in [-0.1, -0.05) is 150 Å². The Kier molecular flexibility index (Phi) is 39.6. The van der Waals surface area contributed by atoms with E-state index in [1.807, 2.05) is 0 Å². The molecule has 3 atom stereocenters. The van der Waals surface area contributed by atoms with Crippen LogP contribution >= 0.6 is 7.82 Å². The summed E-state index contributed by atoms with van der Waals surface area (Å²) in [5, 5.41) is 8.90. The molecule has 0 aromatic heterocycles. The number of unbranched alkanes of at least 4 members (excludes halogenated alkanes) is 10. The van der Waals surface area contributed by atoms with Gasteiger partial charge in [0, 0.05) is 12.8 Å². The van der Waals surface area contributed by atoms with E-state index in [1.54, 1.807) is 0 Å². The molecule has 0 aliphatic rings. The fourth-order valence-corrected chi connectivity index (χ4v) is 6.18. The average Bonchev–Trinajstić information content (AvgIpc) is 3.22. The predicted molar refractivity (Wildman–Crippen MR) is 244 cm³/mol. The van der Waals surface area contributed by atoms with E-state index in [0.29, 0.717) is 12.8 Å². The zero-order valence-electron chi connectivity index (χ0n) is 36.8. The molecule has 3 unspecified atom stereocenters. The lowest BCUT2D eigenvalue weighted by molar-refractivity contribution is -0.161. The molecule has 340 valence electrons. The SMILES string of the molecule is CC/C=C\C/C=C\C/C=C\C/C=C\C/C=C\CCCCCC(=O)OC(COC(=O)CCCCCCCCC/C=C\C/C=C\C/C=C\CC)COP(=O)(O)OCC(N)C(=O)O. The molecule has 11 nitrogen and oxygen atoms in total. The number of hydrogen-bond donors (Lipinski definition) is 3. The third-order valence-corrected chi connectivity index (χ3v) is 9.78. The third-order valence-electron chi connectivity index (χ3n) is 8.83. The molecule has 0 radical (unpaired) electrons. The topological polar surface area (TPSA) is 172 Å². The quantitative estimate of drug-likeness (QED) is 0.0232. The van der Waals surface area contributed by atoms with E-state index < -0.39 is 51.1 Å². The smallest absolute Gasteiger partial charge is 0.472 e. The Labute approximate surface area is 362 Å². The first-order valence-corrected chi connectivity index (χ1v) is 23.8. The van der Waals surface area contributed by atoms with E-state index in [1.165, 1.54) is 12.8 Å². The van der Waals surface area contributed by atoms with Gasteiger partial charge in [0.2, 0.25) is 0 Å². The summed E-state index contributed by atoms with van der Waals surface area (Å²) in [4.78, 5) is 46.0. The molecule has 0 aliphatic heterocycles. The monoisotopic (exact) mass is 860 g/mol. The minimum atomic E-state index is -4.74. The average molecular weight is 860 g/mol. The van der Waals surface area contributed by atoms with Crippen LogP contribution in [0.15, 0.2) is 97.2 Å². The lowest BCUT2D eigenvalue weighted by Crippen LogP contribution is -2.34. The zero-order chi connectivity index (χ0) is 44.2. The first kappa shape index (κ1) is 56.4. The molecule has 0 spiro atoms. The van der Waals surface area contributed by atoms with Crippen LogP contribution in [-0.2, 0) is 37.5 Å². The Morgan fingerprint density at radius 3 is 1.33 bits per heavy atom. The summed E-state index contributed by atoms with van der Waals surface area (Å²) in [5.41, 5.74) is 5.33. The van der Waals surface area contributed by atoms with Gasteiger partial charge in [0.1, 0.15) is 12.6 Å². The highest BCUT2D eigenvalue weighted by Gasteiger charge is 2.28. The van der Waals surface area contributed by atoms with Crippen molar-refractivity contribution in [3.05, 3.63) is 97.2 Å². The normalized spacial score (nSPS) is 14.6. The number of carbonyl (C=O) groups is 3. The number of esters is 2. The van der Waals surface area contributed by atoms with Gasteiger partial charge in [-0.2, -0.15) is 0 Å². The molecule has 4 N–H and O–H groups in total. The number of nitrogens with two attached hydrogens (primary N) is 1. The number of ether oxygens (including phenoxy) is 2. The molecule has 0 rings (SSSR count). The number of carboxylic acid groups (broad SMARTS) is 1. The van der Waals surface area contributed by atoms with Gasteiger partial charge in [0.15, 0.2) is 6.10 Å². The van der Waals surface area contributed by atoms with Gasteiger partial charge in [-0.25, -0.2) is 4.57 Å². The Bertz CT molecular complexity index is 1380. The van der Waals surface area contributed by atoms with E-state index in [2.05, 4.69) is 116 Å². The highest BCUT2D eigenvalue weighted by atomic mass is 31.2. The van der Waals surface area contributed by atoms with Crippen molar-refractivity contribution in [3.63, 3.8) is 0 Å². The summed E-state index contributed by atoms with van der Waals surface area (Å²) in [5.74, 6) is -2.45. The number of carbonyl (C=O) groups excluding carboxylic acids is 2. The molecule has 0 fully saturated rings. The van der Waals surface area contributed by atoms with Gasteiger partial charge in [0.05, 0.1) is 13.2 Å². The second-order valence-electron chi connectivity index (χ2n) is 14.4. The summed E-state index contributed by atoms with van der Waals surface area (Å²) < 4.78 is 32.7. The van der Waals surface area contributed by atoms with Crippen LogP contribution in [0.4, 0.5) is 0 Å². The van der Waals surface area contributed by atoms with Gasteiger partial charge >= 0.3 is 25.7 Å². The third kappa shape index (κ3) is 41.1. The van der Waals surface area contributed by atoms with E-state index in [0.717, 1.165) is 103 Å². The second-order valence-corrected chi connectivity index (χ2v) is 15.9. The van der Waals surface area contributed by atoms with Crippen LogP contribution in [0, 0.1) is 0 Å². The van der Waals surface area contributed by atoms with Crippen molar-refractivity contribution in [1.82, 2.24) is 0 Å². The van der Waals surface area contributed by atoms with Gasteiger partial charge in [-0.05, 0) is 89.9 Å². The van der Waals surface area contributed by atoms with Gasteiger partial charge in [-0.15, -0.1) is 0 Å². The van der Waals surface area contributed by atoms with Crippen molar-refractivity contribution in [1.29, 1.82) is 0 Å². The van der Waals surface area contributed by atoms with Crippen molar-refractivity contribution in [2.45, 2.75) is 167 Å². The summed E-state index contributed by atoms with van der Waals surface area (Å²) >= 11 is 0. The maximum Gasteiger partial charge on any atom is 0.472 e. The van der Waals surface area contributed by atoms with E-state index in [-0.39, 0.29) is 19.4 Å². The number of hydrogen-bond acceptors (Lipinski definition) is 9. The van der Waals surface area contributed by atoms with Crippen LogP contribution in [0.1, 0.15) is 155 Å². The molecule has 0 aromatic carbocycles. The Balaban J connectivity index is 4.45. The molecule has 0 saturated carbocycles. The zero-order valence-corrected chi connectivity index (χ0v) is 37.6. The van der Waals surface area contributed by atoms with Gasteiger partial charge in [0.25, 0.3) is 0 Å². The summed E-state index contributed by atoms with van der Waals surface area (Å²) in [6.07, 6.45) is 53.2. The minimum Gasteiger partial charge on any atom is -0.480 e. The highest BCUT2D eigenvalue weighted by molar-refractivity contribution is 7.47. The largest absolute Gasteiger partial charge is 0.480 e. The molecule has 0 aromatic rings. The van der Waals surface area contributed by atoms with Crippen molar-refractivity contribution in [2.24, 2.45) is 5.73 Å². The number of aliphatic carboxylic acids is 1. The van der Waals surface area contributed by atoms with Crippen molar-refractivity contribution >= 4 is 25.7 Å².